The van der Waals surface area contributed by atoms with E-state index in [0.717, 1.165) is 23.5 Å². The third-order valence-electron chi connectivity index (χ3n) is 2.55. The zero-order valence-electron chi connectivity index (χ0n) is 9.39. The van der Waals surface area contributed by atoms with Gasteiger partial charge in [0.2, 0.25) is 0 Å². The Balaban J connectivity index is 2.92. The van der Waals surface area contributed by atoms with E-state index in [0.29, 0.717) is 0 Å². The normalized spacial score (nSPS) is 11.4. The number of nitrogens with zero attached hydrogens (tertiary/aromatic N) is 1. The maximum atomic E-state index is 5.92. The van der Waals surface area contributed by atoms with Crippen molar-refractivity contribution in [1.82, 2.24) is 4.98 Å². The fourth-order valence-electron chi connectivity index (χ4n) is 1.08. The van der Waals surface area contributed by atoms with Crippen molar-refractivity contribution in [3.63, 3.8) is 0 Å². The number of pyridine rings is 1. The molecule has 3 N–H and O–H groups in total. The van der Waals surface area contributed by atoms with E-state index in [1.54, 1.807) is 6.20 Å². The summed E-state index contributed by atoms with van der Waals surface area (Å²) < 4.78 is 0. The van der Waals surface area contributed by atoms with Gasteiger partial charge in [0, 0.05) is 11.7 Å². The molecule has 0 amide bonds. The summed E-state index contributed by atoms with van der Waals surface area (Å²) in [6.07, 6.45) is 2.81. The van der Waals surface area contributed by atoms with Crippen LogP contribution in [-0.4, -0.2) is 10.5 Å². The third kappa shape index (κ3) is 2.37. The second-order valence-electron chi connectivity index (χ2n) is 4.25. The van der Waals surface area contributed by atoms with Crippen molar-refractivity contribution >= 4 is 11.5 Å². The first-order chi connectivity index (χ1) is 6.46. The average molecular weight is 193 g/mol. The number of hydrogen-bond acceptors (Lipinski definition) is 3. The largest absolute Gasteiger partial charge is 0.396 e. The Kier molecular flexibility index (Phi) is 2.99. The quantitative estimate of drug-likeness (QED) is 0.775. The van der Waals surface area contributed by atoms with Gasteiger partial charge in [-0.15, -0.1) is 0 Å². The van der Waals surface area contributed by atoms with Crippen LogP contribution in [0.2, 0.25) is 0 Å². The Morgan fingerprint density at radius 1 is 1.50 bits per heavy atom. The number of nitrogens with two attached hydrogens (primary N) is 1. The van der Waals surface area contributed by atoms with Gasteiger partial charge in [-0.3, -0.25) is 0 Å². The van der Waals surface area contributed by atoms with Crippen molar-refractivity contribution in [2.75, 3.05) is 11.1 Å². The molecular weight excluding hydrogens is 174 g/mol. The number of anilines is 2. The Bertz CT molecular complexity index is 318. The summed E-state index contributed by atoms with van der Waals surface area (Å²) in [5.74, 6) is 0.789. The molecule has 0 saturated heterocycles. The van der Waals surface area contributed by atoms with Gasteiger partial charge < -0.3 is 11.1 Å². The molecule has 78 valence electrons. The zero-order chi connectivity index (χ0) is 10.8. The highest BCUT2D eigenvalue weighted by Gasteiger charge is 2.16. The monoisotopic (exact) mass is 193 g/mol. The van der Waals surface area contributed by atoms with Crippen molar-refractivity contribution in [3.05, 3.63) is 17.8 Å². The number of aryl methyl sites for hydroxylation is 1. The van der Waals surface area contributed by atoms with Crippen LogP contribution in [0.5, 0.6) is 0 Å². The Hall–Kier alpha value is -1.25. The van der Waals surface area contributed by atoms with Crippen LogP contribution in [0.25, 0.3) is 0 Å². The molecule has 1 rings (SSSR count). The Morgan fingerprint density at radius 3 is 2.71 bits per heavy atom. The molecule has 0 aliphatic rings. The highest BCUT2D eigenvalue weighted by molar-refractivity contribution is 5.65. The minimum atomic E-state index is 0.0366. The lowest BCUT2D eigenvalue weighted by molar-refractivity contribution is 0.545. The van der Waals surface area contributed by atoms with Crippen molar-refractivity contribution in [3.8, 4) is 0 Å². The van der Waals surface area contributed by atoms with E-state index in [4.69, 9.17) is 5.73 Å². The molecule has 0 aliphatic carbocycles. The molecule has 0 bridgehead atoms. The highest BCUT2D eigenvalue weighted by Crippen LogP contribution is 2.23. The molecule has 1 aromatic rings. The predicted molar refractivity (Wildman–Crippen MR) is 61.4 cm³/mol. The molecule has 3 heteroatoms. The lowest BCUT2D eigenvalue weighted by Gasteiger charge is -2.26. The van der Waals surface area contributed by atoms with E-state index in [-0.39, 0.29) is 5.54 Å². The number of hydrogen-bond donors (Lipinski definition) is 2. The second kappa shape index (κ2) is 3.86. The fraction of sp³-hybridized carbons (Fsp3) is 0.545. The van der Waals surface area contributed by atoms with Gasteiger partial charge in [-0.05, 0) is 38.8 Å². The summed E-state index contributed by atoms with van der Waals surface area (Å²) in [7, 11) is 0. The molecule has 1 heterocycles. The molecule has 0 spiro atoms. The molecular formula is C11H19N3. The summed E-state index contributed by atoms with van der Waals surface area (Å²) in [6, 6.07) is 1.92. The van der Waals surface area contributed by atoms with E-state index >= 15 is 0 Å². The van der Waals surface area contributed by atoms with Crippen LogP contribution in [-0.2, 0) is 0 Å². The molecule has 3 nitrogen and oxygen atoms in total. The SMILES string of the molecule is CCC(C)(C)Nc1nccc(C)c1N. The van der Waals surface area contributed by atoms with Crippen LogP contribution < -0.4 is 11.1 Å². The van der Waals surface area contributed by atoms with Crippen molar-refractivity contribution in [1.29, 1.82) is 0 Å². The fourth-order valence-corrected chi connectivity index (χ4v) is 1.08. The lowest BCUT2D eigenvalue weighted by Crippen LogP contribution is -2.30. The number of nitrogens with one attached hydrogen (secondary N) is 1. The van der Waals surface area contributed by atoms with Crippen LogP contribution in [0.4, 0.5) is 11.5 Å². The molecule has 0 saturated carbocycles. The second-order valence-corrected chi connectivity index (χ2v) is 4.25. The molecule has 0 aliphatic heterocycles. The van der Waals surface area contributed by atoms with Crippen LogP contribution in [0.3, 0.4) is 0 Å². The summed E-state index contributed by atoms with van der Waals surface area (Å²) in [5, 5.41) is 3.34. The van der Waals surface area contributed by atoms with Gasteiger partial charge in [0.15, 0.2) is 0 Å². The molecule has 0 unspecified atom stereocenters. The maximum absolute atomic E-state index is 5.92. The minimum absolute atomic E-state index is 0.0366. The first-order valence-electron chi connectivity index (χ1n) is 4.95. The molecule has 14 heavy (non-hydrogen) atoms. The van der Waals surface area contributed by atoms with Gasteiger partial charge in [-0.25, -0.2) is 4.98 Å². The maximum Gasteiger partial charge on any atom is 0.149 e. The summed E-state index contributed by atoms with van der Waals surface area (Å²) in [5.41, 5.74) is 7.76. The van der Waals surface area contributed by atoms with Crippen LogP contribution in [0.1, 0.15) is 32.8 Å². The number of nitrogen functional groups attached to an aromatic ring is 1. The third-order valence-corrected chi connectivity index (χ3v) is 2.55. The van der Waals surface area contributed by atoms with Gasteiger partial charge in [0.25, 0.3) is 0 Å². The van der Waals surface area contributed by atoms with Crippen molar-refractivity contribution in [2.45, 2.75) is 39.7 Å². The summed E-state index contributed by atoms with van der Waals surface area (Å²) in [4.78, 5) is 4.24. The van der Waals surface area contributed by atoms with Crippen LogP contribution in [0.15, 0.2) is 12.3 Å². The summed E-state index contributed by atoms with van der Waals surface area (Å²) in [6.45, 7) is 8.40. The lowest BCUT2D eigenvalue weighted by atomic mass is 10.0. The Labute approximate surface area is 85.7 Å². The zero-order valence-corrected chi connectivity index (χ0v) is 9.39. The number of aromatic nitrogens is 1. The van der Waals surface area contributed by atoms with E-state index in [2.05, 4.69) is 31.1 Å². The molecule has 0 aromatic carbocycles. The molecule has 0 fully saturated rings. The van der Waals surface area contributed by atoms with E-state index in [9.17, 15) is 0 Å². The first-order valence-corrected chi connectivity index (χ1v) is 4.95. The van der Waals surface area contributed by atoms with Gasteiger partial charge in [-0.1, -0.05) is 6.92 Å². The topological polar surface area (TPSA) is 50.9 Å². The van der Waals surface area contributed by atoms with E-state index in [1.165, 1.54) is 0 Å². The van der Waals surface area contributed by atoms with Gasteiger partial charge >= 0.3 is 0 Å². The van der Waals surface area contributed by atoms with Crippen LogP contribution >= 0.6 is 0 Å². The van der Waals surface area contributed by atoms with Crippen LogP contribution in [0, 0.1) is 6.92 Å². The number of rotatable bonds is 3. The average Bonchev–Trinajstić information content (AvgIpc) is 2.13. The van der Waals surface area contributed by atoms with E-state index < -0.39 is 0 Å². The van der Waals surface area contributed by atoms with Crippen molar-refractivity contribution in [2.24, 2.45) is 0 Å². The first kappa shape index (κ1) is 10.8. The van der Waals surface area contributed by atoms with Gasteiger partial charge in [-0.2, -0.15) is 0 Å². The summed E-state index contributed by atoms with van der Waals surface area (Å²) >= 11 is 0. The molecule has 1 aromatic heterocycles. The smallest absolute Gasteiger partial charge is 0.149 e. The van der Waals surface area contributed by atoms with Gasteiger partial charge in [0.1, 0.15) is 5.82 Å². The molecule has 0 atom stereocenters. The highest BCUT2D eigenvalue weighted by atomic mass is 15.1. The molecule has 0 radical (unpaired) electrons. The van der Waals surface area contributed by atoms with E-state index in [1.807, 2.05) is 13.0 Å². The predicted octanol–water partition coefficient (Wildman–Crippen LogP) is 2.57. The minimum Gasteiger partial charge on any atom is -0.396 e. The Morgan fingerprint density at radius 2 is 2.14 bits per heavy atom. The standard InChI is InChI=1S/C11H19N3/c1-5-11(3,4)14-10-9(12)8(2)6-7-13-10/h6-7H,5,12H2,1-4H3,(H,13,14). The van der Waals surface area contributed by atoms with Gasteiger partial charge in [0.05, 0.1) is 5.69 Å². The van der Waals surface area contributed by atoms with Crippen molar-refractivity contribution < 1.29 is 0 Å².